The summed E-state index contributed by atoms with van der Waals surface area (Å²) in [6.07, 6.45) is 0. The summed E-state index contributed by atoms with van der Waals surface area (Å²) in [5.41, 5.74) is 3.66. The first kappa shape index (κ1) is 15.1. The van der Waals surface area contributed by atoms with Crippen LogP contribution in [0.25, 0.3) is 0 Å². The molecule has 0 fully saturated rings. The van der Waals surface area contributed by atoms with Crippen LogP contribution in [0.4, 0.5) is 11.4 Å². The van der Waals surface area contributed by atoms with E-state index >= 15 is 0 Å². The van der Waals surface area contributed by atoms with Gasteiger partial charge in [0.2, 0.25) is 0 Å². The Bertz CT molecular complexity index is 607. The van der Waals surface area contributed by atoms with Crippen LogP contribution in [0.3, 0.4) is 0 Å². The summed E-state index contributed by atoms with van der Waals surface area (Å²) in [5.74, 6) is -0.0912. The van der Waals surface area contributed by atoms with Crippen LogP contribution in [0.5, 0.6) is 0 Å². The van der Waals surface area contributed by atoms with Crippen LogP contribution in [0, 0.1) is 6.92 Å². The van der Waals surface area contributed by atoms with Gasteiger partial charge >= 0.3 is 0 Å². The van der Waals surface area contributed by atoms with Gasteiger partial charge in [-0.15, -0.1) is 0 Å². The van der Waals surface area contributed by atoms with Gasteiger partial charge < -0.3 is 10.6 Å². The molecule has 1 amide bonds. The van der Waals surface area contributed by atoms with Crippen molar-refractivity contribution in [2.75, 3.05) is 10.6 Å². The van der Waals surface area contributed by atoms with Gasteiger partial charge in [-0.2, -0.15) is 0 Å². The molecule has 0 spiro atoms. The topological polar surface area (TPSA) is 41.1 Å². The Hall–Kier alpha value is -2.29. The summed E-state index contributed by atoms with van der Waals surface area (Å²) in [4.78, 5) is 12.1. The lowest BCUT2D eigenvalue weighted by molar-refractivity contribution is 0.102. The summed E-state index contributed by atoms with van der Waals surface area (Å²) in [6, 6.07) is 15.3. The summed E-state index contributed by atoms with van der Waals surface area (Å²) >= 11 is 0. The molecule has 21 heavy (non-hydrogen) atoms. The fourth-order valence-electron chi connectivity index (χ4n) is 1.98. The fraction of sp³-hybridized carbons (Fsp3) is 0.278. The Morgan fingerprint density at radius 2 is 1.38 bits per heavy atom. The molecule has 3 heteroatoms. The molecule has 110 valence electrons. The Morgan fingerprint density at radius 1 is 0.857 bits per heavy atom. The number of benzene rings is 2. The van der Waals surface area contributed by atoms with Crippen LogP contribution in [-0.2, 0) is 0 Å². The molecule has 0 aromatic heterocycles. The summed E-state index contributed by atoms with van der Waals surface area (Å²) in [7, 11) is 0. The van der Waals surface area contributed by atoms with Crippen molar-refractivity contribution < 1.29 is 4.79 Å². The number of hydrogen-bond acceptors (Lipinski definition) is 2. The van der Waals surface area contributed by atoms with E-state index in [1.54, 1.807) is 0 Å². The quantitative estimate of drug-likeness (QED) is 0.872. The number of anilines is 2. The smallest absolute Gasteiger partial charge is 0.255 e. The minimum Gasteiger partial charge on any atom is -0.380 e. The first-order valence-corrected chi connectivity index (χ1v) is 7.10. The maximum absolute atomic E-state index is 12.1. The van der Waals surface area contributed by atoms with Gasteiger partial charge in [0.05, 0.1) is 0 Å². The van der Waals surface area contributed by atoms with Crippen LogP contribution in [0.15, 0.2) is 48.5 Å². The van der Waals surface area contributed by atoms with Crippen molar-refractivity contribution in [2.24, 2.45) is 0 Å². The average molecular weight is 282 g/mol. The Labute approximate surface area is 126 Å². The van der Waals surface area contributed by atoms with E-state index in [1.807, 2.05) is 55.5 Å². The molecule has 2 N–H and O–H groups in total. The third-order valence-corrected chi connectivity index (χ3v) is 2.98. The number of carbonyl (C=O) groups is 1. The van der Waals surface area contributed by atoms with E-state index in [0.717, 1.165) is 16.9 Å². The van der Waals surface area contributed by atoms with Crippen LogP contribution in [-0.4, -0.2) is 11.4 Å². The van der Waals surface area contributed by atoms with Crippen molar-refractivity contribution in [1.29, 1.82) is 0 Å². The molecule has 2 rings (SSSR count). The van der Waals surface area contributed by atoms with Crippen molar-refractivity contribution in [3.05, 3.63) is 59.7 Å². The maximum Gasteiger partial charge on any atom is 0.255 e. The van der Waals surface area contributed by atoms with Gasteiger partial charge in [-0.1, -0.05) is 17.7 Å². The monoisotopic (exact) mass is 282 g/mol. The Morgan fingerprint density at radius 3 is 1.90 bits per heavy atom. The fourth-order valence-corrected chi connectivity index (χ4v) is 1.98. The summed E-state index contributed by atoms with van der Waals surface area (Å²) in [5, 5.41) is 6.29. The second kappa shape index (κ2) is 6.00. The minimum absolute atomic E-state index is 0.0205. The molecule has 0 aliphatic rings. The number of amides is 1. The molecular formula is C18H22N2O. The van der Waals surface area contributed by atoms with E-state index in [2.05, 4.69) is 31.4 Å². The molecule has 0 radical (unpaired) electrons. The highest BCUT2D eigenvalue weighted by Crippen LogP contribution is 2.18. The molecular weight excluding hydrogens is 260 g/mol. The largest absolute Gasteiger partial charge is 0.380 e. The molecule has 0 saturated carbocycles. The highest BCUT2D eigenvalue weighted by atomic mass is 16.1. The number of hydrogen-bond donors (Lipinski definition) is 2. The second-order valence-electron chi connectivity index (χ2n) is 6.27. The molecule has 3 nitrogen and oxygen atoms in total. The van der Waals surface area contributed by atoms with Gasteiger partial charge in [-0.3, -0.25) is 4.79 Å². The molecule has 0 heterocycles. The molecule has 2 aromatic carbocycles. The van der Waals surface area contributed by atoms with Crippen molar-refractivity contribution in [3.8, 4) is 0 Å². The Kier molecular flexibility index (Phi) is 4.32. The van der Waals surface area contributed by atoms with Crippen molar-refractivity contribution in [3.63, 3.8) is 0 Å². The molecule has 2 aromatic rings. The highest BCUT2D eigenvalue weighted by Gasteiger charge is 2.09. The van der Waals surface area contributed by atoms with E-state index in [4.69, 9.17) is 0 Å². The van der Waals surface area contributed by atoms with Crippen LogP contribution < -0.4 is 10.6 Å². The van der Waals surface area contributed by atoms with Crippen LogP contribution in [0.2, 0.25) is 0 Å². The zero-order valence-corrected chi connectivity index (χ0v) is 13.0. The maximum atomic E-state index is 12.1. The number of nitrogens with one attached hydrogen (secondary N) is 2. The minimum atomic E-state index is -0.0912. The van der Waals surface area contributed by atoms with E-state index in [0.29, 0.717) is 5.56 Å². The van der Waals surface area contributed by atoms with Gasteiger partial charge in [-0.25, -0.2) is 0 Å². The lowest BCUT2D eigenvalue weighted by atomic mass is 10.1. The Balaban J connectivity index is 2.03. The van der Waals surface area contributed by atoms with E-state index in [-0.39, 0.29) is 11.4 Å². The normalized spacial score (nSPS) is 11.0. The zero-order chi connectivity index (χ0) is 15.5. The predicted octanol–water partition coefficient (Wildman–Crippen LogP) is 4.46. The summed E-state index contributed by atoms with van der Waals surface area (Å²) < 4.78 is 0. The van der Waals surface area contributed by atoms with Gasteiger partial charge in [0, 0.05) is 22.5 Å². The predicted molar refractivity (Wildman–Crippen MR) is 88.9 cm³/mol. The third kappa shape index (κ3) is 4.63. The number of carbonyl (C=O) groups excluding carboxylic acids is 1. The number of aryl methyl sites for hydroxylation is 1. The van der Waals surface area contributed by atoms with Crippen molar-refractivity contribution in [2.45, 2.75) is 33.2 Å². The lowest BCUT2D eigenvalue weighted by Crippen LogP contribution is -2.25. The second-order valence-corrected chi connectivity index (χ2v) is 6.27. The first-order chi connectivity index (χ1) is 9.83. The number of rotatable bonds is 3. The first-order valence-electron chi connectivity index (χ1n) is 7.10. The molecule has 0 aliphatic heterocycles. The standard InChI is InChI=1S/C18H22N2O/c1-13-5-7-14(8-6-13)17(21)19-15-9-11-16(12-10-15)20-18(2,3)4/h5-12,20H,1-4H3,(H,19,21). The van der Waals surface area contributed by atoms with E-state index < -0.39 is 0 Å². The third-order valence-electron chi connectivity index (χ3n) is 2.98. The molecule has 0 aliphatic carbocycles. The lowest BCUT2D eigenvalue weighted by Gasteiger charge is -2.22. The average Bonchev–Trinajstić information content (AvgIpc) is 2.40. The molecule has 0 bridgehead atoms. The van der Waals surface area contributed by atoms with Gasteiger partial charge in [0.1, 0.15) is 0 Å². The molecule has 0 saturated heterocycles. The van der Waals surface area contributed by atoms with E-state index in [9.17, 15) is 4.79 Å². The van der Waals surface area contributed by atoms with Gasteiger partial charge in [0.15, 0.2) is 0 Å². The molecule has 0 unspecified atom stereocenters. The van der Waals surface area contributed by atoms with Crippen LogP contribution in [0.1, 0.15) is 36.7 Å². The van der Waals surface area contributed by atoms with Crippen LogP contribution >= 0.6 is 0 Å². The highest BCUT2D eigenvalue weighted by molar-refractivity contribution is 6.04. The van der Waals surface area contributed by atoms with Crippen molar-refractivity contribution in [1.82, 2.24) is 0 Å². The summed E-state index contributed by atoms with van der Waals surface area (Å²) in [6.45, 7) is 8.34. The van der Waals surface area contributed by atoms with Gasteiger partial charge in [-0.05, 0) is 64.1 Å². The SMILES string of the molecule is Cc1ccc(C(=O)Nc2ccc(NC(C)(C)C)cc2)cc1. The molecule has 0 atom stereocenters. The van der Waals surface area contributed by atoms with Crippen molar-refractivity contribution >= 4 is 17.3 Å². The van der Waals surface area contributed by atoms with E-state index in [1.165, 1.54) is 0 Å². The zero-order valence-electron chi connectivity index (χ0n) is 13.0. The van der Waals surface area contributed by atoms with Gasteiger partial charge in [0.25, 0.3) is 5.91 Å².